The highest BCUT2D eigenvalue weighted by Crippen LogP contribution is 2.20. The van der Waals surface area contributed by atoms with E-state index >= 15 is 0 Å². The molecule has 1 aromatic carbocycles. The topological polar surface area (TPSA) is 81.7 Å². The molecule has 7 heteroatoms. The fourth-order valence-corrected chi connectivity index (χ4v) is 1.78. The number of methoxy groups -OCH3 is 2. The van der Waals surface area contributed by atoms with Crippen LogP contribution in [0.1, 0.15) is 34.1 Å². The second kappa shape index (κ2) is 7.64. The summed E-state index contributed by atoms with van der Waals surface area (Å²) >= 11 is 5.75. The van der Waals surface area contributed by atoms with Crippen molar-refractivity contribution >= 4 is 35.1 Å². The minimum atomic E-state index is -0.624. The number of amides is 1. The molecule has 0 spiro atoms. The highest BCUT2D eigenvalue weighted by atomic mass is 35.5. The van der Waals surface area contributed by atoms with Gasteiger partial charge in [-0.15, -0.1) is 11.6 Å². The predicted molar refractivity (Wildman–Crippen MR) is 77.7 cm³/mol. The van der Waals surface area contributed by atoms with Crippen molar-refractivity contribution in [3.63, 3.8) is 0 Å². The summed E-state index contributed by atoms with van der Waals surface area (Å²) in [6, 6.07) is 4.16. The number of anilines is 1. The average molecular weight is 314 g/mol. The van der Waals surface area contributed by atoms with Gasteiger partial charge in [0.15, 0.2) is 0 Å². The summed E-state index contributed by atoms with van der Waals surface area (Å²) in [5.41, 5.74) is 0.521. The highest BCUT2D eigenvalue weighted by Gasteiger charge is 2.17. The maximum atomic E-state index is 11.8. The maximum Gasteiger partial charge on any atom is 0.339 e. The van der Waals surface area contributed by atoms with Crippen LogP contribution in [0.2, 0.25) is 0 Å². The molecule has 0 bridgehead atoms. The summed E-state index contributed by atoms with van der Waals surface area (Å²) in [6.07, 6.45) is 0.0740. The molecule has 21 heavy (non-hydrogen) atoms. The molecule has 0 heterocycles. The molecule has 0 aliphatic carbocycles. The Labute approximate surface area is 127 Å². The van der Waals surface area contributed by atoms with Crippen molar-refractivity contribution in [2.45, 2.75) is 18.7 Å². The van der Waals surface area contributed by atoms with E-state index in [1.807, 2.05) is 0 Å². The first-order valence-electron chi connectivity index (χ1n) is 6.13. The van der Waals surface area contributed by atoms with Gasteiger partial charge in [-0.05, 0) is 25.1 Å². The van der Waals surface area contributed by atoms with E-state index < -0.39 is 11.9 Å². The van der Waals surface area contributed by atoms with Crippen molar-refractivity contribution in [2.75, 3.05) is 19.5 Å². The van der Waals surface area contributed by atoms with Gasteiger partial charge in [0.1, 0.15) is 0 Å². The lowest BCUT2D eigenvalue weighted by Crippen LogP contribution is -2.18. The lowest BCUT2D eigenvalue weighted by Gasteiger charge is -2.12. The standard InChI is InChI=1S/C14H16ClNO5/c1-8(15)6-12(17)16-11-7-9(13(18)20-2)4-5-10(11)14(19)21-3/h4-5,7-8H,6H2,1-3H3,(H,16,17)/t8-/m1/s1. The zero-order chi connectivity index (χ0) is 16.0. The summed E-state index contributed by atoms with van der Waals surface area (Å²) in [5, 5.41) is 2.19. The Balaban J connectivity index is 3.13. The van der Waals surface area contributed by atoms with Crippen molar-refractivity contribution in [1.82, 2.24) is 0 Å². The third-order valence-electron chi connectivity index (χ3n) is 2.59. The lowest BCUT2D eigenvalue weighted by atomic mass is 10.1. The second-order valence-corrected chi connectivity index (χ2v) is 5.02. The Morgan fingerprint density at radius 3 is 2.33 bits per heavy atom. The Morgan fingerprint density at radius 1 is 1.19 bits per heavy atom. The van der Waals surface area contributed by atoms with Gasteiger partial charge in [0.25, 0.3) is 0 Å². The SMILES string of the molecule is COC(=O)c1ccc(C(=O)OC)c(NC(=O)C[C@@H](C)Cl)c1. The van der Waals surface area contributed by atoms with Gasteiger partial charge in [0.05, 0.1) is 31.0 Å². The molecule has 0 radical (unpaired) electrons. The second-order valence-electron chi connectivity index (χ2n) is 4.28. The van der Waals surface area contributed by atoms with Crippen LogP contribution in [0.5, 0.6) is 0 Å². The van der Waals surface area contributed by atoms with Crippen LogP contribution in [0.3, 0.4) is 0 Å². The summed E-state index contributed by atoms with van der Waals surface area (Å²) in [7, 11) is 2.47. The molecular weight excluding hydrogens is 298 g/mol. The maximum absolute atomic E-state index is 11.8. The first-order valence-corrected chi connectivity index (χ1v) is 6.57. The van der Waals surface area contributed by atoms with Gasteiger partial charge in [-0.2, -0.15) is 0 Å². The number of esters is 2. The number of rotatable bonds is 5. The largest absolute Gasteiger partial charge is 0.465 e. The summed E-state index contributed by atoms with van der Waals surface area (Å²) < 4.78 is 9.23. The van der Waals surface area contributed by atoms with Crippen LogP contribution < -0.4 is 5.32 Å². The molecule has 1 atom stereocenters. The summed E-state index contributed by atoms with van der Waals surface area (Å²) in [5.74, 6) is -1.57. The van der Waals surface area contributed by atoms with Crippen LogP contribution in [0.25, 0.3) is 0 Å². The van der Waals surface area contributed by atoms with Gasteiger partial charge in [-0.3, -0.25) is 4.79 Å². The minimum absolute atomic E-state index is 0.0740. The van der Waals surface area contributed by atoms with E-state index in [0.717, 1.165) is 0 Å². The Hall–Kier alpha value is -2.08. The molecule has 0 saturated heterocycles. The molecular formula is C14H16ClNO5. The zero-order valence-electron chi connectivity index (χ0n) is 11.9. The normalized spacial score (nSPS) is 11.4. The molecule has 0 aromatic heterocycles. The Morgan fingerprint density at radius 2 is 1.81 bits per heavy atom. The molecule has 1 rings (SSSR count). The minimum Gasteiger partial charge on any atom is -0.465 e. The van der Waals surface area contributed by atoms with Gasteiger partial charge in [0.2, 0.25) is 5.91 Å². The molecule has 0 saturated carbocycles. The fraction of sp³-hybridized carbons (Fsp3) is 0.357. The Kier molecular flexibility index (Phi) is 6.17. The van der Waals surface area contributed by atoms with Crippen molar-refractivity contribution in [3.8, 4) is 0 Å². The van der Waals surface area contributed by atoms with Crippen molar-refractivity contribution < 1.29 is 23.9 Å². The quantitative estimate of drug-likeness (QED) is 0.666. The van der Waals surface area contributed by atoms with Gasteiger partial charge < -0.3 is 14.8 Å². The third kappa shape index (κ3) is 4.75. The van der Waals surface area contributed by atoms with E-state index in [1.165, 1.54) is 32.4 Å². The molecule has 0 aliphatic heterocycles. The average Bonchev–Trinajstić information content (AvgIpc) is 2.44. The van der Waals surface area contributed by atoms with E-state index in [9.17, 15) is 14.4 Å². The van der Waals surface area contributed by atoms with Crippen LogP contribution in [0, 0.1) is 0 Å². The van der Waals surface area contributed by atoms with E-state index in [1.54, 1.807) is 6.92 Å². The van der Waals surface area contributed by atoms with Crippen LogP contribution in [0.4, 0.5) is 5.69 Å². The number of halogens is 1. The number of hydrogen-bond acceptors (Lipinski definition) is 5. The van der Waals surface area contributed by atoms with E-state index in [4.69, 9.17) is 11.6 Å². The number of ether oxygens (including phenoxy) is 2. The zero-order valence-corrected chi connectivity index (χ0v) is 12.7. The lowest BCUT2D eigenvalue weighted by molar-refractivity contribution is -0.116. The summed E-state index contributed by atoms with van der Waals surface area (Å²) in [4.78, 5) is 35.0. The number of carbonyl (C=O) groups is 3. The first kappa shape index (κ1) is 17.0. The number of hydrogen-bond donors (Lipinski definition) is 1. The number of carbonyl (C=O) groups excluding carboxylic acids is 3. The monoisotopic (exact) mass is 313 g/mol. The Bertz CT molecular complexity index is 556. The fourth-order valence-electron chi connectivity index (χ4n) is 1.64. The van der Waals surface area contributed by atoms with Crippen molar-refractivity contribution in [3.05, 3.63) is 29.3 Å². The molecule has 1 amide bonds. The van der Waals surface area contributed by atoms with Crippen LogP contribution in [-0.4, -0.2) is 37.4 Å². The first-order chi connectivity index (χ1) is 9.88. The van der Waals surface area contributed by atoms with Crippen LogP contribution in [-0.2, 0) is 14.3 Å². The van der Waals surface area contributed by atoms with E-state index in [2.05, 4.69) is 14.8 Å². The van der Waals surface area contributed by atoms with E-state index in [0.29, 0.717) is 0 Å². The van der Waals surface area contributed by atoms with Crippen molar-refractivity contribution in [1.29, 1.82) is 0 Å². The number of alkyl halides is 1. The molecule has 0 aliphatic rings. The molecule has 0 unspecified atom stereocenters. The smallest absolute Gasteiger partial charge is 0.339 e. The highest BCUT2D eigenvalue weighted by molar-refractivity contribution is 6.21. The predicted octanol–water partition coefficient (Wildman–Crippen LogP) is 2.22. The van der Waals surface area contributed by atoms with Gasteiger partial charge in [-0.1, -0.05) is 0 Å². The third-order valence-corrected chi connectivity index (χ3v) is 2.74. The van der Waals surface area contributed by atoms with E-state index in [-0.39, 0.29) is 34.5 Å². The van der Waals surface area contributed by atoms with Crippen LogP contribution >= 0.6 is 11.6 Å². The molecule has 6 nitrogen and oxygen atoms in total. The molecule has 1 aromatic rings. The molecule has 0 fully saturated rings. The number of benzene rings is 1. The van der Waals surface area contributed by atoms with Gasteiger partial charge in [0, 0.05) is 11.8 Å². The number of nitrogens with one attached hydrogen (secondary N) is 1. The molecule has 114 valence electrons. The van der Waals surface area contributed by atoms with Gasteiger partial charge >= 0.3 is 11.9 Å². The summed E-state index contributed by atoms with van der Waals surface area (Å²) in [6.45, 7) is 1.67. The van der Waals surface area contributed by atoms with Crippen molar-refractivity contribution in [2.24, 2.45) is 0 Å². The van der Waals surface area contributed by atoms with Crippen LogP contribution in [0.15, 0.2) is 18.2 Å². The van der Waals surface area contributed by atoms with Gasteiger partial charge in [-0.25, -0.2) is 9.59 Å². The molecule has 1 N–H and O–H groups in total.